The van der Waals surface area contributed by atoms with Crippen molar-refractivity contribution in [1.82, 2.24) is 0 Å². The fourth-order valence-electron chi connectivity index (χ4n) is 9.67. The molecule has 6 saturated heterocycles. The Morgan fingerprint density at radius 3 is 1.39 bits per heavy atom. The highest BCUT2D eigenvalue weighted by Gasteiger charge is 2.68. The molecule has 6 aliphatic heterocycles. The van der Waals surface area contributed by atoms with E-state index in [0.717, 1.165) is 44.2 Å². The average molecular weight is 757 g/mol. The summed E-state index contributed by atoms with van der Waals surface area (Å²) in [7, 11) is -8.35. The minimum atomic E-state index is -2.20. The van der Waals surface area contributed by atoms with Crippen LogP contribution in [0, 0.1) is 23.7 Å². The van der Waals surface area contributed by atoms with Gasteiger partial charge in [-0.2, -0.15) is 0 Å². The fourth-order valence-corrected chi connectivity index (χ4v) is 28.5. The topological polar surface area (TPSA) is 142 Å². The van der Waals surface area contributed by atoms with Crippen LogP contribution < -0.4 is 0 Å². The zero-order chi connectivity index (χ0) is 35.5. The van der Waals surface area contributed by atoms with Gasteiger partial charge in [-0.3, -0.25) is 19.2 Å². The summed E-state index contributed by atoms with van der Waals surface area (Å²) in [6.07, 6.45) is 3.44. The number of hydrogen-bond donors (Lipinski definition) is 0. The van der Waals surface area contributed by atoms with Crippen molar-refractivity contribution in [2.24, 2.45) is 23.7 Å². The highest BCUT2D eigenvalue weighted by atomic mass is 28.4. The third-order valence-electron chi connectivity index (χ3n) is 11.8. The van der Waals surface area contributed by atoms with Crippen molar-refractivity contribution in [2.45, 2.75) is 132 Å². The molecule has 10 unspecified atom stereocenters. The van der Waals surface area contributed by atoms with Crippen LogP contribution in [0.15, 0.2) is 0 Å². The molecule has 12 nitrogen and oxygen atoms in total. The number of hydrogen-bond acceptors (Lipinski definition) is 12. The van der Waals surface area contributed by atoms with Gasteiger partial charge in [-0.15, -0.1) is 0 Å². The Labute approximate surface area is 294 Å². The number of ether oxygens (including phenoxy) is 6. The van der Waals surface area contributed by atoms with E-state index in [0.29, 0.717) is 26.4 Å². The molecule has 0 aromatic heterocycles. The van der Waals surface area contributed by atoms with Crippen LogP contribution in [0.2, 0.25) is 75.5 Å². The molecule has 0 radical (unpaired) electrons. The van der Waals surface area contributed by atoms with E-state index in [9.17, 15) is 19.2 Å². The molecule has 0 aromatic carbocycles. The standard InChI is InChI=1S/C33H56O12Si4/c1-46(2,44-48(5,6)22-18-20-24-26(28(22)40-20)32(36)42-30(24)34)16-11-14-38-12-9-10-13-39-15-17-47(3,4)45-49(7,8)23-19-21-25-27(29(23)41-21)33(37)43-31(25)35/h20-29H,9-19H2,1-8H3. The maximum absolute atomic E-state index is 12.3. The molecule has 6 aliphatic rings. The summed E-state index contributed by atoms with van der Waals surface area (Å²) in [5.41, 5.74) is 0.372. The van der Waals surface area contributed by atoms with Crippen molar-refractivity contribution in [2.75, 3.05) is 26.4 Å². The molecule has 6 rings (SSSR count). The molecule has 0 aliphatic carbocycles. The number of unbranched alkanes of at least 4 members (excludes halogenated alkanes) is 1. The quantitative estimate of drug-likeness (QED) is 0.0824. The highest BCUT2D eigenvalue weighted by Crippen LogP contribution is 2.57. The third-order valence-corrected chi connectivity index (χ3v) is 28.1. The minimum absolute atomic E-state index is 0.180. The summed E-state index contributed by atoms with van der Waals surface area (Å²) in [6, 6.07) is 1.91. The van der Waals surface area contributed by atoms with E-state index < -0.39 is 80.8 Å². The van der Waals surface area contributed by atoms with Crippen molar-refractivity contribution in [3.63, 3.8) is 0 Å². The lowest BCUT2D eigenvalue weighted by Crippen LogP contribution is -2.52. The molecule has 49 heavy (non-hydrogen) atoms. The first-order valence-electron chi connectivity index (χ1n) is 18.3. The molecule has 6 heterocycles. The van der Waals surface area contributed by atoms with Crippen LogP contribution in [0.4, 0.5) is 0 Å². The predicted octanol–water partition coefficient (Wildman–Crippen LogP) is 4.76. The molecule has 0 aromatic rings. The number of esters is 4. The Kier molecular flexibility index (Phi) is 10.8. The lowest BCUT2D eigenvalue weighted by molar-refractivity contribution is -0.158. The van der Waals surface area contributed by atoms with E-state index in [1.807, 2.05) is 0 Å². The number of fused-ring (bicyclic) bond motifs is 10. The molecule has 0 spiro atoms. The molecule has 6 fully saturated rings. The summed E-state index contributed by atoms with van der Waals surface area (Å²) in [6.45, 7) is 20.7. The zero-order valence-corrected chi connectivity index (χ0v) is 34.5. The number of carbonyl (C=O) groups is 4. The molecular formula is C33H56O12Si4. The maximum atomic E-state index is 12.3. The first-order valence-corrected chi connectivity index (χ1v) is 30.5. The Morgan fingerprint density at radius 2 is 0.918 bits per heavy atom. The molecule has 0 saturated carbocycles. The van der Waals surface area contributed by atoms with E-state index >= 15 is 0 Å². The first kappa shape index (κ1) is 37.7. The second-order valence-corrected chi connectivity index (χ2v) is 34.8. The Morgan fingerprint density at radius 1 is 0.531 bits per heavy atom. The van der Waals surface area contributed by atoms with Gasteiger partial charge in [-0.25, -0.2) is 0 Å². The van der Waals surface area contributed by atoms with Crippen LogP contribution in [0.1, 0.15) is 32.1 Å². The summed E-state index contributed by atoms with van der Waals surface area (Å²) in [5, 5.41) is 0. The molecule has 0 N–H and O–H groups in total. The largest absolute Gasteiger partial charge is 0.455 e. The van der Waals surface area contributed by atoms with Gasteiger partial charge in [0.05, 0.1) is 48.1 Å². The van der Waals surface area contributed by atoms with E-state index in [1.54, 1.807) is 0 Å². The molecule has 4 bridgehead atoms. The van der Waals surface area contributed by atoms with Crippen LogP contribution in [-0.4, -0.2) is 108 Å². The van der Waals surface area contributed by atoms with Crippen molar-refractivity contribution in [3.8, 4) is 0 Å². The normalized spacial score (nSPS) is 35.3. The minimum Gasteiger partial charge on any atom is -0.455 e. The van der Waals surface area contributed by atoms with Crippen LogP contribution in [0.3, 0.4) is 0 Å². The molecule has 0 amide bonds. The van der Waals surface area contributed by atoms with Gasteiger partial charge >= 0.3 is 23.9 Å². The maximum Gasteiger partial charge on any atom is 0.320 e. The van der Waals surface area contributed by atoms with E-state index in [2.05, 4.69) is 52.4 Å². The molecule has 276 valence electrons. The number of carbonyl (C=O) groups excluding carboxylic acids is 4. The van der Waals surface area contributed by atoms with Gasteiger partial charge in [-0.1, -0.05) is 0 Å². The van der Waals surface area contributed by atoms with Crippen LogP contribution in [0.5, 0.6) is 0 Å². The number of cyclic esters (lactones) is 4. The van der Waals surface area contributed by atoms with Crippen LogP contribution in [0.25, 0.3) is 0 Å². The van der Waals surface area contributed by atoms with Gasteiger partial charge < -0.3 is 36.7 Å². The smallest absolute Gasteiger partial charge is 0.320 e. The molecular weight excluding hydrogens is 701 g/mol. The predicted molar refractivity (Wildman–Crippen MR) is 187 cm³/mol. The van der Waals surface area contributed by atoms with E-state index in [-0.39, 0.29) is 35.5 Å². The first-order chi connectivity index (χ1) is 22.9. The van der Waals surface area contributed by atoms with Crippen LogP contribution in [-0.2, 0) is 55.8 Å². The van der Waals surface area contributed by atoms with Gasteiger partial charge in [0.2, 0.25) is 0 Å². The SMILES string of the molecule is C[Si](C)(CCCOCCCCOCC[Si](C)(C)O[Si](C)(C)C1CC2OC1C1C(=O)OC(=O)C21)O[Si](C)(C)C1CC2OC1C1C(=O)OC(=O)C21. The van der Waals surface area contributed by atoms with Crippen molar-refractivity contribution in [3.05, 3.63) is 0 Å². The van der Waals surface area contributed by atoms with Gasteiger partial charge in [0.15, 0.2) is 33.3 Å². The average Bonchev–Trinajstić information content (AvgIpc) is 3.82. The third kappa shape index (κ3) is 7.69. The summed E-state index contributed by atoms with van der Waals surface area (Å²) >= 11 is 0. The van der Waals surface area contributed by atoms with Crippen molar-refractivity contribution in [1.29, 1.82) is 0 Å². The van der Waals surface area contributed by atoms with Gasteiger partial charge in [0.1, 0.15) is 0 Å². The van der Waals surface area contributed by atoms with Gasteiger partial charge in [0, 0.05) is 37.5 Å². The van der Waals surface area contributed by atoms with Crippen molar-refractivity contribution < 1.29 is 55.8 Å². The summed E-state index contributed by atoms with van der Waals surface area (Å²) in [5.74, 6) is -3.44. The second-order valence-electron chi connectivity index (χ2n) is 17.3. The molecule has 10 atom stereocenters. The highest BCUT2D eigenvalue weighted by molar-refractivity contribution is 6.86. The Balaban J connectivity index is 0.809. The van der Waals surface area contributed by atoms with E-state index in [1.165, 1.54) is 0 Å². The van der Waals surface area contributed by atoms with E-state index in [4.69, 9.17) is 36.7 Å². The monoisotopic (exact) mass is 756 g/mol. The van der Waals surface area contributed by atoms with Crippen LogP contribution >= 0.6 is 0 Å². The number of rotatable bonds is 18. The summed E-state index contributed by atoms with van der Waals surface area (Å²) in [4.78, 5) is 48.8. The molecule has 16 heteroatoms. The Bertz CT molecular complexity index is 1210. The second kappa shape index (κ2) is 14.0. The fraction of sp³-hybridized carbons (Fsp3) is 0.879. The summed E-state index contributed by atoms with van der Waals surface area (Å²) < 4.78 is 47.8. The lowest BCUT2D eigenvalue weighted by Gasteiger charge is -2.41. The zero-order valence-electron chi connectivity index (χ0n) is 30.5. The van der Waals surface area contributed by atoms with Crippen molar-refractivity contribution >= 4 is 57.1 Å². The van der Waals surface area contributed by atoms with Gasteiger partial charge in [-0.05, 0) is 96.6 Å². The van der Waals surface area contributed by atoms with Gasteiger partial charge in [0.25, 0.3) is 0 Å². The Hall–Kier alpha value is -1.09. The lowest BCUT2D eigenvalue weighted by atomic mass is 9.81.